The molecule has 1 aromatic rings. The third kappa shape index (κ3) is 5.46. The van der Waals surface area contributed by atoms with Gasteiger partial charge in [-0.3, -0.25) is 14.9 Å². The van der Waals surface area contributed by atoms with Gasteiger partial charge in [0.15, 0.2) is 0 Å². The van der Waals surface area contributed by atoms with Crippen molar-refractivity contribution in [3.8, 4) is 5.75 Å². The fourth-order valence-corrected chi connectivity index (χ4v) is 3.49. The van der Waals surface area contributed by atoms with Gasteiger partial charge in [-0.1, -0.05) is 38.3 Å². The molecule has 1 aromatic carbocycles. The lowest BCUT2D eigenvalue weighted by atomic mass is 10.0. The van der Waals surface area contributed by atoms with Gasteiger partial charge in [0.05, 0.1) is 19.7 Å². The summed E-state index contributed by atoms with van der Waals surface area (Å²) < 4.78 is 5.22. The Labute approximate surface area is 155 Å². The van der Waals surface area contributed by atoms with Gasteiger partial charge in [-0.05, 0) is 37.0 Å². The number of carbonyl (C=O) groups excluding carboxylic acids is 1. The predicted octanol–water partition coefficient (Wildman–Crippen LogP) is 2.98. The number of carboxylic acids is 1. The van der Waals surface area contributed by atoms with E-state index in [1.54, 1.807) is 7.11 Å². The van der Waals surface area contributed by atoms with Crippen molar-refractivity contribution in [3.05, 3.63) is 29.8 Å². The first-order valence-electron chi connectivity index (χ1n) is 9.46. The van der Waals surface area contributed by atoms with Gasteiger partial charge in [0.25, 0.3) is 0 Å². The number of carboxylic acid groups (broad SMARTS) is 1. The highest BCUT2D eigenvalue weighted by Crippen LogP contribution is 2.31. The molecule has 26 heavy (non-hydrogen) atoms. The van der Waals surface area contributed by atoms with Gasteiger partial charge >= 0.3 is 5.97 Å². The second kappa shape index (κ2) is 10.2. The zero-order valence-corrected chi connectivity index (χ0v) is 15.7. The van der Waals surface area contributed by atoms with Crippen LogP contribution in [0.5, 0.6) is 5.75 Å². The fourth-order valence-electron chi connectivity index (χ4n) is 3.49. The normalized spacial score (nSPS) is 18.8. The van der Waals surface area contributed by atoms with Crippen LogP contribution in [0.1, 0.15) is 57.1 Å². The Balaban J connectivity index is 2.08. The van der Waals surface area contributed by atoms with E-state index in [2.05, 4.69) is 5.32 Å². The number of rotatable bonds is 8. The van der Waals surface area contributed by atoms with E-state index in [1.807, 2.05) is 36.1 Å². The summed E-state index contributed by atoms with van der Waals surface area (Å²) >= 11 is 0. The van der Waals surface area contributed by atoms with Crippen molar-refractivity contribution >= 4 is 11.9 Å². The highest BCUT2D eigenvalue weighted by molar-refractivity contribution is 5.80. The van der Waals surface area contributed by atoms with Gasteiger partial charge < -0.3 is 14.7 Å². The molecule has 1 amide bonds. The van der Waals surface area contributed by atoms with Gasteiger partial charge in [-0.25, -0.2) is 0 Å². The third-order valence-corrected chi connectivity index (χ3v) is 4.95. The highest BCUT2D eigenvalue weighted by atomic mass is 16.5. The number of amides is 1. The average Bonchev–Trinajstić information content (AvgIpc) is 2.90. The van der Waals surface area contributed by atoms with Crippen molar-refractivity contribution in [2.45, 2.75) is 57.5 Å². The molecule has 1 aliphatic rings. The second-order valence-corrected chi connectivity index (χ2v) is 6.79. The zero-order chi connectivity index (χ0) is 18.9. The summed E-state index contributed by atoms with van der Waals surface area (Å²) in [6.07, 6.45) is 5.38. The maximum atomic E-state index is 12.8. The lowest BCUT2D eigenvalue weighted by Gasteiger charge is -2.31. The summed E-state index contributed by atoms with van der Waals surface area (Å²) in [4.78, 5) is 26.0. The van der Waals surface area contributed by atoms with Crippen LogP contribution in [0.2, 0.25) is 0 Å². The van der Waals surface area contributed by atoms with Gasteiger partial charge in [0.2, 0.25) is 5.91 Å². The van der Waals surface area contributed by atoms with Crippen LogP contribution in [-0.2, 0) is 9.59 Å². The fraction of sp³-hybridized carbons (Fsp3) is 0.600. The van der Waals surface area contributed by atoms with Crippen LogP contribution in [0, 0.1) is 0 Å². The summed E-state index contributed by atoms with van der Waals surface area (Å²) in [5.74, 6) is -0.136. The number of nitrogens with one attached hydrogen (secondary N) is 1. The molecule has 0 saturated carbocycles. The average molecular weight is 362 g/mol. The third-order valence-electron chi connectivity index (χ3n) is 4.95. The molecule has 0 radical (unpaired) electrons. The largest absolute Gasteiger partial charge is 0.497 e. The molecule has 0 aliphatic carbocycles. The molecule has 6 heteroatoms. The van der Waals surface area contributed by atoms with Gasteiger partial charge in [0, 0.05) is 6.54 Å². The number of methoxy groups -OCH3 is 1. The molecule has 2 rings (SSSR count). The minimum atomic E-state index is -0.901. The van der Waals surface area contributed by atoms with Crippen LogP contribution in [0.4, 0.5) is 0 Å². The number of aliphatic carboxylic acids is 1. The molecule has 1 heterocycles. The molecule has 6 nitrogen and oxygen atoms in total. The molecule has 144 valence electrons. The topological polar surface area (TPSA) is 78.9 Å². The molecular formula is C20H30N2O4. The molecule has 1 fully saturated rings. The Hall–Kier alpha value is -2.08. The molecular weight excluding hydrogens is 332 g/mol. The summed E-state index contributed by atoms with van der Waals surface area (Å²) in [6, 6.07) is 7.23. The Morgan fingerprint density at radius 2 is 2.00 bits per heavy atom. The smallest absolute Gasteiger partial charge is 0.320 e. The first-order valence-corrected chi connectivity index (χ1v) is 9.46. The molecule has 2 atom stereocenters. The lowest BCUT2D eigenvalue weighted by molar-refractivity contribution is -0.140. The number of nitrogens with zero attached hydrogens (tertiary/aromatic N) is 1. The molecule has 1 aliphatic heterocycles. The van der Waals surface area contributed by atoms with E-state index in [0.717, 1.165) is 43.4 Å². The van der Waals surface area contributed by atoms with E-state index in [1.165, 1.54) is 0 Å². The van der Waals surface area contributed by atoms with Crippen LogP contribution in [0.15, 0.2) is 24.3 Å². The standard InChI is InChI=1S/C20H30N2O4/c1-3-7-17(20(24)25)21-14-19(23)22-13-6-4-5-8-18(22)15-9-11-16(26-2)12-10-15/h9-12,17-18,21H,3-8,13-14H2,1-2H3,(H,24,25). The Morgan fingerprint density at radius 1 is 1.27 bits per heavy atom. The van der Waals surface area contributed by atoms with E-state index in [9.17, 15) is 14.7 Å². The maximum absolute atomic E-state index is 12.8. The molecule has 2 unspecified atom stereocenters. The number of hydrogen-bond donors (Lipinski definition) is 2. The van der Waals surface area contributed by atoms with E-state index in [4.69, 9.17) is 4.74 Å². The summed E-state index contributed by atoms with van der Waals surface area (Å²) in [7, 11) is 1.64. The molecule has 0 spiro atoms. The summed E-state index contributed by atoms with van der Waals surface area (Å²) in [6.45, 7) is 2.71. The predicted molar refractivity (Wildman–Crippen MR) is 100 cm³/mol. The van der Waals surface area contributed by atoms with Crippen LogP contribution in [0.25, 0.3) is 0 Å². The van der Waals surface area contributed by atoms with E-state index in [0.29, 0.717) is 13.0 Å². The minimum Gasteiger partial charge on any atom is -0.497 e. The molecule has 1 saturated heterocycles. The van der Waals surface area contributed by atoms with Crippen molar-refractivity contribution in [1.29, 1.82) is 0 Å². The van der Waals surface area contributed by atoms with E-state index in [-0.39, 0.29) is 18.5 Å². The monoisotopic (exact) mass is 362 g/mol. The molecule has 0 bridgehead atoms. The van der Waals surface area contributed by atoms with E-state index < -0.39 is 12.0 Å². The minimum absolute atomic E-state index is 0.0323. The van der Waals surface area contributed by atoms with Crippen LogP contribution in [0.3, 0.4) is 0 Å². The number of benzene rings is 1. The van der Waals surface area contributed by atoms with Crippen molar-refractivity contribution in [2.75, 3.05) is 20.2 Å². The quantitative estimate of drug-likeness (QED) is 0.743. The highest BCUT2D eigenvalue weighted by Gasteiger charge is 2.27. The summed E-state index contributed by atoms with van der Waals surface area (Å²) in [5.41, 5.74) is 1.10. The lowest BCUT2D eigenvalue weighted by Crippen LogP contribution is -2.45. The first-order chi connectivity index (χ1) is 12.6. The van der Waals surface area contributed by atoms with Crippen molar-refractivity contribution in [3.63, 3.8) is 0 Å². The van der Waals surface area contributed by atoms with Crippen molar-refractivity contribution in [1.82, 2.24) is 10.2 Å². The second-order valence-electron chi connectivity index (χ2n) is 6.79. The Kier molecular flexibility index (Phi) is 7.91. The number of hydrogen-bond acceptors (Lipinski definition) is 4. The first kappa shape index (κ1) is 20.2. The molecule has 0 aromatic heterocycles. The van der Waals surface area contributed by atoms with Crippen molar-refractivity contribution < 1.29 is 19.4 Å². The van der Waals surface area contributed by atoms with E-state index >= 15 is 0 Å². The zero-order valence-electron chi connectivity index (χ0n) is 15.7. The SMILES string of the molecule is CCCC(NCC(=O)N1CCCCCC1c1ccc(OC)cc1)C(=O)O. The van der Waals surface area contributed by atoms with Gasteiger partial charge in [-0.15, -0.1) is 0 Å². The number of ether oxygens (including phenoxy) is 1. The number of carbonyl (C=O) groups is 2. The maximum Gasteiger partial charge on any atom is 0.320 e. The summed E-state index contributed by atoms with van der Waals surface area (Å²) in [5, 5.41) is 12.2. The number of likely N-dealkylation sites (tertiary alicyclic amines) is 1. The molecule has 2 N–H and O–H groups in total. The van der Waals surface area contributed by atoms with Crippen LogP contribution < -0.4 is 10.1 Å². The van der Waals surface area contributed by atoms with Crippen molar-refractivity contribution in [2.24, 2.45) is 0 Å². The Bertz CT molecular complexity index is 588. The van der Waals surface area contributed by atoms with Gasteiger partial charge in [-0.2, -0.15) is 0 Å². The van der Waals surface area contributed by atoms with Gasteiger partial charge in [0.1, 0.15) is 11.8 Å². The Morgan fingerprint density at radius 3 is 2.62 bits per heavy atom. The van der Waals surface area contributed by atoms with Crippen LogP contribution >= 0.6 is 0 Å². The van der Waals surface area contributed by atoms with Crippen LogP contribution in [-0.4, -0.2) is 48.1 Å².